The fourth-order valence-electron chi connectivity index (χ4n) is 3.78. The number of carbonyl (C=O) groups is 1. The predicted octanol–water partition coefficient (Wildman–Crippen LogP) is 2.85. The smallest absolute Gasteiger partial charge is 0.220 e. The minimum atomic E-state index is 0. The largest absolute Gasteiger partial charge is 0.352 e. The lowest BCUT2D eigenvalue weighted by atomic mass is 9.84. The molecule has 0 aromatic rings. The zero-order valence-electron chi connectivity index (χ0n) is 14.7. The Labute approximate surface area is 154 Å². The van der Waals surface area contributed by atoms with Crippen LogP contribution in [-0.4, -0.2) is 49.6 Å². The average molecular weight is 368 g/mol. The van der Waals surface area contributed by atoms with Crippen LogP contribution in [0.5, 0.6) is 0 Å². The first-order valence-corrected chi connectivity index (χ1v) is 8.87. The van der Waals surface area contributed by atoms with Crippen LogP contribution in [0.2, 0.25) is 0 Å². The van der Waals surface area contributed by atoms with Crippen LogP contribution in [-0.2, 0) is 4.79 Å². The molecule has 0 radical (unpaired) electrons. The molecule has 2 heterocycles. The highest BCUT2D eigenvalue weighted by molar-refractivity contribution is 5.85. The predicted molar refractivity (Wildman–Crippen MR) is 102 cm³/mol. The van der Waals surface area contributed by atoms with Gasteiger partial charge in [0, 0.05) is 19.0 Å². The molecule has 0 aliphatic carbocycles. The highest BCUT2D eigenvalue weighted by Gasteiger charge is 2.23. The van der Waals surface area contributed by atoms with Crippen molar-refractivity contribution in [3.63, 3.8) is 0 Å². The molecule has 0 spiro atoms. The van der Waals surface area contributed by atoms with Crippen molar-refractivity contribution >= 4 is 30.7 Å². The highest BCUT2D eigenvalue weighted by Crippen LogP contribution is 2.24. The molecular weight excluding hydrogens is 333 g/mol. The Bertz CT molecular complexity index is 319. The molecule has 2 aliphatic rings. The van der Waals surface area contributed by atoms with E-state index in [4.69, 9.17) is 0 Å². The van der Waals surface area contributed by atoms with Crippen molar-refractivity contribution in [1.82, 2.24) is 15.5 Å². The first-order chi connectivity index (χ1) is 10.1. The van der Waals surface area contributed by atoms with Crippen molar-refractivity contribution in [1.29, 1.82) is 0 Å². The monoisotopic (exact) mass is 367 g/mol. The molecule has 1 amide bonds. The van der Waals surface area contributed by atoms with Gasteiger partial charge in [0.25, 0.3) is 0 Å². The van der Waals surface area contributed by atoms with Gasteiger partial charge in [-0.25, -0.2) is 0 Å². The first kappa shape index (κ1) is 23.0. The maximum atomic E-state index is 12.2. The molecule has 6 heteroatoms. The van der Waals surface area contributed by atoms with Crippen LogP contribution >= 0.6 is 24.8 Å². The van der Waals surface area contributed by atoms with E-state index in [9.17, 15) is 4.79 Å². The van der Waals surface area contributed by atoms with E-state index < -0.39 is 0 Å². The quantitative estimate of drug-likeness (QED) is 0.758. The zero-order chi connectivity index (χ0) is 15.1. The molecule has 2 fully saturated rings. The van der Waals surface area contributed by atoms with Gasteiger partial charge in [0.15, 0.2) is 0 Å². The summed E-state index contributed by atoms with van der Waals surface area (Å²) in [5.41, 5.74) is 0. The number of hydrogen-bond donors (Lipinski definition) is 2. The van der Waals surface area contributed by atoms with Crippen LogP contribution in [0.1, 0.15) is 52.4 Å². The number of likely N-dealkylation sites (tertiary alicyclic amines) is 1. The Hall–Kier alpha value is -0.0300. The van der Waals surface area contributed by atoms with Gasteiger partial charge in [-0.1, -0.05) is 13.3 Å². The third-order valence-corrected chi connectivity index (χ3v) is 5.08. The second kappa shape index (κ2) is 12.3. The van der Waals surface area contributed by atoms with E-state index in [0.717, 1.165) is 25.6 Å². The number of halogens is 2. The number of carbonyl (C=O) groups excluding carboxylic acids is 1. The second-order valence-corrected chi connectivity index (χ2v) is 7.10. The average Bonchev–Trinajstić information content (AvgIpc) is 2.48. The molecule has 2 rings (SSSR count). The molecule has 2 unspecified atom stereocenters. The Morgan fingerprint density at radius 1 is 1.13 bits per heavy atom. The lowest BCUT2D eigenvalue weighted by Gasteiger charge is -2.30. The minimum absolute atomic E-state index is 0. The van der Waals surface area contributed by atoms with Crippen molar-refractivity contribution in [2.75, 3.05) is 32.7 Å². The number of nitrogens with one attached hydrogen (secondary N) is 2. The van der Waals surface area contributed by atoms with Crippen LogP contribution < -0.4 is 10.6 Å². The van der Waals surface area contributed by atoms with E-state index in [-0.39, 0.29) is 36.8 Å². The fraction of sp³-hybridized carbons (Fsp3) is 0.941. The molecule has 0 saturated carbocycles. The maximum Gasteiger partial charge on any atom is 0.220 e. The Morgan fingerprint density at radius 2 is 1.74 bits per heavy atom. The van der Waals surface area contributed by atoms with E-state index >= 15 is 0 Å². The number of nitrogens with zero attached hydrogens (tertiary/aromatic N) is 1. The zero-order valence-corrected chi connectivity index (χ0v) is 16.3. The number of hydrogen-bond acceptors (Lipinski definition) is 3. The molecule has 2 aliphatic heterocycles. The second-order valence-electron chi connectivity index (χ2n) is 7.10. The van der Waals surface area contributed by atoms with Crippen LogP contribution in [0.15, 0.2) is 0 Å². The summed E-state index contributed by atoms with van der Waals surface area (Å²) in [4.78, 5) is 14.7. The summed E-state index contributed by atoms with van der Waals surface area (Å²) in [6.07, 6.45) is 7.12. The van der Waals surface area contributed by atoms with Gasteiger partial charge in [0.05, 0.1) is 0 Å². The third kappa shape index (κ3) is 8.57. The summed E-state index contributed by atoms with van der Waals surface area (Å²) in [7, 11) is 0. The summed E-state index contributed by atoms with van der Waals surface area (Å²) in [5.74, 6) is 1.47. The molecule has 23 heavy (non-hydrogen) atoms. The molecule has 2 N–H and O–H groups in total. The van der Waals surface area contributed by atoms with E-state index in [2.05, 4.69) is 29.4 Å². The Kier molecular flexibility index (Phi) is 12.3. The van der Waals surface area contributed by atoms with Gasteiger partial charge < -0.3 is 15.5 Å². The molecule has 0 aromatic carbocycles. The van der Waals surface area contributed by atoms with E-state index in [1.807, 2.05) is 0 Å². The molecule has 2 saturated heterocycles. The number of rotatable bonds is 6. The van der Waals surface area contributed by atoms with Crippen molar-refractivity contribution in [2.24, 2.45) is 11.8 Å². The molecule has 4 nitrogen and oxygen atoms in total. The van der Waals surface area contributed by atoms with Crippen molar-refractivity contribution in [3.8, 4) is 0 Å². The summed E-state index contributed by atoms with van der Waals surface area (Å²) >= 11 is 0. The number of piperidine rings is 2. The van der Waals surface area contributed by atoms with Crippen LogP contribution in [0.25, 0.3) is 0 Å². The fourth-order valence-corrected chi connectivity index (χ4v) is 3.78. The minimum Gasteiger partial charge on any atom is -0.352 e. The van der Waals surface area contributed by atoms with Gasteiger partial charge in [-0.2, -0.15) is 0 Å². The highest BCUT2D eigenvalue weighted by atomic mass is 35.5. The van der Waals surface area contributed by atoms with Gasteiger partial charge >= 0.3 is 0 Å². The molecule has 138 valence electrons. The van der Waals surface area contributed by atoms with Gasteiger partial charge in [-0.15, -0.1) is 24.8 Å². The normalized spacial score (nSPS) is 22.3. The van der Waals surface area contributed by atoms with Crippen molar-refractivity contribution in [3.05, 3.63) is 0 Å². The van der Waals surface area contributed by atoms with Gasteiger partial charge in [-0.05, 0) is 70.6 Å². The lowest BCUT2D eigenvalue weighted by Crippen LogP contribution is -2.44. The maximum absolute atomic E-state index is 12.2. The molecule has 0 bridgehead atoms. The van der Waals surface area contributed by atoms with Crippen LogP contribution in [0, 0.1) is 11.8 Å². The van der Waals surface area contributed by atoms with Crippen molar-refractivity contribution in [2.45, 2.75) is 58.4 Å². The molecular formula is C17H35Cl2N3O. The van der Waals surface area contributed by atoms with E-state index in [1.54, 1.807) is 0 Å². The third-order valence-electron chi connectivity index (χ3n) is 5.08. The van der Waals surface area contributed by atoms with Gasteiger partial charge in [0.2, 0.25) is 5.91 Å². The lowest BCUT2D eigenvalue weighted by molar-refractivity contribution is -0.123. The molecule has 0 aromatic heterocycles. The van der Waals surface area contributed by atoms with E-state index in [0.29, 0.717) is 12.3 Å². The molecule has 2 atom stereocenters. The van der Waals surface area contributed by atoms with Crippen LogP contribution in [0.4, 0.5) is 0 Å². The summed E-state index contributed by atoms with van der Waals surface area (Å²) in [6.45, 7) is 10.0. The summed E-state index contributed by atoms with van der Waals surface area (Å²) < 4.78 is 0. The summed E-state index contributed by atoms with van der Waals surface area (Å²) in [6, 6.07) is 0.274. The SMILES string of the molecule is CC(CN1CCCCC1)NC(=O)CC(C)C1CCNCC1.Cl.Cl. The standard InChI is InChI=1S/C17H33N3O.2ClH/c1-14(16-6-8-18-9-7-16)12-17(21)19-15(2)13-20-10-4-3-5-11-20;;/h14-16,18H,3-13H2,1-2H3,(H,19,21);2*1H. The van der Waals surface area contributed by atoms with E-state index in [1.165, 1.54) is 45.2 Å². The topological polar surface area (TPSA) is 44.4 Å². The first-order valence-electron chi connectivity index (χ1n) is 8.87. The van der Waals surface area contributed by atoms with Crippen molar-refractivity contribution < 1.29 is 4.79 Å². The van der Waals surface area contributed by atoms with Crippen LogP contribution in [0.3, 0.4) is 0 Å². The Balaban J connectivity index is 0.00000242. The summed E-state index contributed by atoms with van der Waals surface area (Å²) in [5, 5.41) is 6.60. The Morgan fingerprint density at radius 3 is 2.35 bits per heavy atom. The van der Waals surface area contributed by atoms with Gasteiger partial charge in [-0.3, -0.25) is 4.79 Å². The van der Waals surface area contributed by atoms with Gasteiger partial charge in [0.1, 0.15) is 0 Å². The number of amides is 1.